The molecule has 6 heteroatoms. The van der Waals surface area contributed by atoms with Crippen molar-refractivity contribution >= 4 is 34.2 Å². The van der Waals surface area contributed by atoms with E-state index in [1.165, 1.54) is 0 Å². The lowest BCUT2D eigenvalue weighted by Gasteiger charge is -2.22. The molecule has 0 amide bonds. The van der Waals surface area contributed by atoms with Crippen LogP contribution in [0.3, 0.4) is 0 Å². The van der Waals surface area contributed by atoms with Crippen LogP contribution in [-0.4, -0.2) is 16.1 Å². The number of hydrogen-bond donors (Lipinski definition) is 4. The van der Waals surface area contributed by atoms with Crippen LogP contribution in [0, 0.1) is 0 Å². The van der Waals surface area contributed by atoms with Crippen LogP contribution in [0.15, 0.2) is 35.5 Å². The number of benzene rings is 1. The van der Waals surface area contributed by atoms with E-state index in [4.69, 9.17) is 18.0 Å². The molecule has 0 fully saturated rings. The number of hydrogen-bond acceptors (Lipinski definition) is 3. The van der Waals surface area contributed by atoms with E-state index in [0.29, 0.717) is 11.1 Å². The molecule has 1 aromatic heterocycles. The van der Waals surface area contributed by atoms with Gasteiger partial charge < -0.3 is 21.4 Å². The standard InChI is InChI=1S/C11H11N5S/c12-10-14-9(15-11(17)16-10)7-5-13-8-4-2-1-3-6(7)8/h1-5,9,13H,(H4,12,14,15,16,17)/t9-/m1/s1. The molecule has 0 radical (unpaired) electrons. The maximum atomic E-state index is 5.67. The largest absolute Gasteiger partial charge is 0.370 e. The summed E-state index contributed by atoms with van der Waals surface area (Å²) in [6, 6.07) is 8.04. The summed E-state index contributed by atoms with van der Waals surface area (Å²) in [4.78, 5) is 7.49. The quantitative estimate of drug-likeness (QED) is 0.564. The smallest absolute Gasteiger partial charge is 0.197 e. The first-order chi connectivity index (χ1) is 8.24. The first kappa shape index (κ1) is 10.1. The van der Waals surface area contributed by atoms with E-state index in [0.717, 1.165) is 16.5 Å². The third kappa shape index (κ3) is 1.72. The number of guanidine groups is 1. The summed E-state index contributed by atoms with van der Waals surface area (Å²) in [5.41, 5.74) is 7.77. The number of nitrogens with one attached hydrogen (secondary N) is 3. The third-order valence-corrected chi connectivity index (χ3v) is 2.91. The Morgan fingerprint density at radius 2 is 2.12 bits per heavy atom. The van der Waals surface area contributed by atoms with Crippen LogP contribution >= 0.6 is 12.2 Å². The maximum Gasteiger partial charge on any atom is 0.197 e. The Bertz CT molecular complexity index is 615. The summed E-state index contributed by atoms with van der Waals surface area (Å²) < 4.78 is 0. The number of nitrogens with two attached hydrogens (primary N) is 1. The molecule has 0 unspecified atom stereocenters. The van der Waals surface area contributed by atoms with Crippen molar-refractivity contribution in [1.82, 2.24) is 15.6 Å². The van der Waals surface area contributed by atoms with Crippen LogP contribution in [0.1, 0.15) is 11.7 Å². The van der Waals surface area contributed by atoms with E-state index in [1.54, 1.807) is 0 Å². The fourth-order valence-electron chi connectivity index (χ4n) is 1.95. The molecule has 0 saturated carbocycles. The normalized spacial score (nSPS) is 19.6. The van der Waals surface area contributed by atoms with Gasteiger partial charge in [-0.2, -0.15) is 0 Å². The van der Waals surface area contributed by atoms with Crippen LogP contribution in [-0.2, 0) is 0 Å². The van der Waals surface area contributed by atoms with E-state index >= 15 is 0 Å². The number of fused-ring (bicyclic) bond motifs is 1. The minimum absolute atomic E-state index is 0.236. The highest BCUT2D eigenvalue weighted by Crippen LogP contribution is 2.25. The van der Waals surface area contributed by atoms with Crippen molar-refractivity contribution in [3.05, 3.63) is 36.0 Å². The molecular weight excluding hydrogens is 234 g/mol. The summed E-state index contributed by atoms with van der Waals surface area (Å²) in [7, 11) is 0. The van der Waals surface area contributed by atoms with E-state index < -0.39 is 0 Å². The predicted molar refractivity (Wildman–Crippen MR) is 71.5 cm³/mol. The van der Waals surface area contributed by atoms with E-state index in [1.807, 2.05) is 30.5 Å². The number of aromatic amines is 1. The second-order valence-electron chi connectivity index (χ2n) is 3.80. The number of thiocarbonyl (C=S) groups is 1. The molecule has 2 heterocycles. The molecule has 1 aliphatic rings. The Labute approximate surface area is 103 Å². The summed E-state index contributed by atoms with van der Waals surface area (Å²) in [6.45, 7) is 0. The van der Waals surface area contributed by atoms with Crippen molar-refractivity contribution in [2.45, 2.75) is 6.17 Å². The lowest BCUT2D eigenvalue weighted by molar-refractivity contribution is 0.665. The summed E-state index contributed by atoms with van der Waals surface area (Å²) in [5.74, 6) is 0.337. The van der Waals surface area contributed by atoms with Crippen molar-refractivity contribution in [1.29, 1.82) is 0 Å². The van der Waals surface area contributed by atoms with Crippen molar-refractivity contribution in [3.63, 3.8) is 0 Å². The second kappa shape index (κ2) is 3.74. The van der Waals surface area contributed by atoms with Gasteiger partial charge in [0.25, 0.3) is 0 Å². The lowest BCUT2D eigenvalue weighted by Crippen LogP contribution is -2.49. The van der Waals surface area contributed by atoms with E-state index in [2.05, 4.69) is 20.6 Å². The minimum atomic E-state index is -0.236. The average Bonchev–Trinajstić information content (AvgIpc) is 2.71. The third-order valence-electron chi connectivity index (χ3n) is 2.69. The lowest BCUT2D eigenvalue weighted by atomic mass is 10.1. The van der Waals surface area contributed by atoms with Gasteiger partial charge in [0.1, 0.15) is 0 Å². The minimum Gasteiger partial charge on any atom is -0.370 e. The van der Waals surface area contributed by atoms with Gasteiger partial charge in [0.2, 0.25) is 0 Å². The molecule has 0 aliphatic carbocycles. The first-order valence-corrected chi connectivity index (χ1v) is 5.61. The molecule has 2 aromatic rings. The highest BCUT2D eigenvalue weighted by Gasteiger charge is 2.19. The number of aromatic nitrogens is 1. The Balaban J connectivity index is 2.09. The summed E-state index contributed by atoms with van der Waals surface area (Å²) in [5, 5.41) is 7.44. The number of nitrogens with zero attached hydrogens (tertiary/aromatic N) is 1. The van der Waals surface area contributed by atoms with Gasteiger partial charge in [0.05, 0.1) is 0 Å². The monoisotopic (exact) mass is 245 g/mol. The van der Waals surface area contributed by atoms with Crippen LogP contribution in [0.2, 0.25) is 0 Å². The average molecular weight is 245 g/mol. The Morgan fingerprint density at radius 1 is 1.29 bits per heavy atom. The number of para-hydroxylation sites is 1. The van der Waals surface area contributed by atoms with Gasteiger partial charge in [0, 0.05) is 22.7 Å². The molecule has 17 heavy (non-hydrogen) atoms. The molecule has 1 aliphatic heterocycles. The van der Waals surface area contributed by atoms with Crippen molar-refractivity contribution in [2.75, 3.05) is 0 Å². The Hall–Kier alpha value is -2.08. The Morgan fingerprint density at radius 3 is 2.94 bits per heavy atom. The van der Waals surface area contributed by atoms with Crippen molar-refractivity contribution < 1.29 is 0 Å². The second-order valence-corrected chi connectivity index (χ2v) is 4.21. The molecule has 0 saturated heterocycles. The van der Waals surface area contributed by atoms with Crippen molar-refractivity contribution in [2.24, 2.45) is 10.7 Å². The SMILES string of the molecule is NC1=N[C@@H](c2c[nH]c3ccccc23)NC(=S)N1. The zero-order valence-corrected chi connectivity index (χ0v) is 9.71. The van der Waals surface area contributed by atoms with Gasteiger partial charge in [-0.15, -0.1) is 0 Å². The highest BCUT2D eigenvalue weighted by molar-refractivity contribution is 7.80. The fourth-order valence-corrected chi connectivity index (χ4v) is 2.16. The van der Waals surface area contributed by atoms with Gasteiger partial charge in [-0.1, -0.05) is 18.2 Å². The van der Waals surface area contributed by atoms with E-state index in [9.17, 15) is 0 Å². The Kier molecular flexibility index (Phi) is 2.22. The first-order valence-electron chi connectivity index (χ1n) is 5.21. The van der Waals surface area contributed by atoms with Crippen molar-refractivity contribution in [3.8, 4) is 0 Å². The summed E-state index contributed by atoms with van der Waals surface area (Å²) in [6.07, 6.45) is 1.69. The molecule has 0 spiro atoms. The zero-order valence-electron chi connectivity index (χ0n) is 8.90. The zero-order chi connectivity index (χ0) is 11.8. The molecule has 0 bridgehead atoms. The highest BCUT2D eigenvalue weighted by atomic mass is 32.1. The van der Waals surface area contributed by atoms with Crippen LogP contribution in [0.5, 0.6) is 0 Å². The van der Waals surface area contributed by atoms with Gasteiger partial charge in [-0.05, 0) is 18.3 Å². The topological polar surface area (TPSA) is 78.2 Å². The molecule has 3 rings (SSSR count). The van der Waals surface area contributed by atoms with E-state index in [-0.39, 0.29) is 6.17 Å². The number of rotatable bonds is 1. The van der Waals surface area contributed by atoms with Gasteiger partial charge in [0.15, 0.2) is 17.2 Å². The molecule has 86 valence electrons. The molecule has 5 N–H and O–H groups in total. The molecule has 1 atom stereocenters. The predicted octanol–water partition coefficient (Wildman–Crippen LogP) is 0.959. The van der Waals surface area contributed by atoms with Crippen LogP contribution in [0.4, 0.5) is 0 Å². The van der Waals surface area contributed by atoms with Gasteiger partial charge in [-0.3, -0.25) is 0 Å². The summed E-state index contributed by atoms with van der Waals surface area (Å²) >= 11 is 5.06. The number of aliphatic imine (C=N–C) groups is 1. The number of H-pyrrole nitrogens is 1. The maximum absolute atomic E-state index is 5.67. The van der Waals surface area contributed by atoms with Crippen LogP contribution < -0.4 is 16.4 Å². The van der Waals surface area contributed by atoms with Gasteiger partial charge >= 0.3 is 0 Å². The molecule has 5 nitrogen and oxygen atoms in total. The van der Waals surface area contributed by atoms with Crippen LogP contribution in [0.25, 0.3) is 10.9 Å². The van der Waals surface area contributed by atoms with Gasteiger partial charge in [-0.25, -0.2) is 4.99 Å². The molecular formula is C11H11N5S. The molecule has 1 aromatic carbocycles. The fraction of sp³-hybridized carbons (Fsp3) is 0.0909.